The summed E-state index contributed by atoms with van der Waals surface area (Å²) in [5, 5.41) is 21.3. The van der Waals surface area contributed by atoms with Gasteiger partial charge in [0.1, 0.15) is 0 Å². The minimum Gasteiger partial charge on any atom is -0.395 e. The van der Waals surface area contributed by atoms with Gasteiger partial charge in [-0.25, -0.2) is 0 Å². The lowest BCUT2D eigenvalue weighted by atomic mass is 10.1. The fourth-order valence-corrected chi connectivity index (χ4v) is 1.23. The van der Waals surface area contributed by atoms with E-state index in [-0.39, 0.29) is 12.6 Å². The highest BCUT2D eigenvalue weighted by molar-refractivity contribution is 5.14. The molecule has 0 heterocycles. The quantitative estimate of drug-likeness (QED) is 0.642. The van der Waals surface area contributed by atoms with Gasteiger partial charge in [-0.1, -0.05) is 30.3 Å². The van der Waals surface area contributed by atoms with Gasteiger partial charge in [-0.3, -0.25) is 0 Å². The molecule has 3 N–H and O–H groups in total. The molecule has 1 aromatic rings. The Bertz CT molecular complexity index is 249. The summed E-state index contributed by atoms with van der Waals surface area (Å²) in [5.41, 5.74) is 1.15. The molecule has 1 aromatic carbocycles. The Hall–Kier alpha value is -0.900. The van der Waals surface area contributed by atoms with Crippen molar-refractivity contribution >= 4 is 0 Å². The van der Waals surface area contributed by atoms with E-state index in [2.05, 4.69) is 5.32 Å². The van der Waals surface area contributed by atoms with Crippen molar-refractivity contribution in [2.24, 2.45) is 0 Å². The molecule has 3 heteroatoms. The Balaban J connectivity index is 2.40. The van der Waals surface area contributed by atoms with Gasteiger partial charge in [-0.2, -0.15) is 0 Å². The van der Waals surface area contributed by atoms with Crippen LogP contribution < -0.4 is 5.32 Å². The molecule has 14 heavy (non-hydrogen) atoms. The highest BCUT2D eigenvalue weighted by atomic mass is 16.3. The van der Waals surface area contributed by atoms with Crippen LogP contribution >= 0.6 is 0 Å². The predicted molar refractivity (Wildman–Crippen MR) is 55.8 cm³/mol. The number of aliphatic hydroxyl groups is 2. The van der Waals surface area contributed by atoms with Crippen LogP contribution in [0.15, 0.2) is 30.3 Å². The lowest BCUT2D eigenvalue weighted by molar-refractivity contribution is 0.103. The van der Waals surface area contributed by atoms with Gasteiger partial charge in [-0.05, 0) is 12.5 Å². The third-order valence-corrected chi connectivity index (χ3v) is 2.19. The fourth-order valence-electron chi connectivity index (χ4n) is 1.23. The van der Waals surface area contributed by atoms with Crippen molar-refractivity contribution in [2.75, 3.05) is 6.61 Å². The van der Waals surface area contributed by atoms with Crippen molar-refractivity contribution in [3.05, 3.63) is 35.9 Å². The van der Waals surface area contributed by atoms with E-state index in [0.29, 0.717) is 6.54 Å². The van der Waals surface area contributed by atoms with E-state index < -0.39 is 6.10 Å². The van der Waals surface area contributed by atoms with Crippen LogP contribution in [0.25, 0.3) is 0 Å². The van der Waals surface area contributed by atoms with Gasteiger partial charge in [0.15, 0.2) is 0 Å². The molecule has 0 amide bonds. The minimum atomic E-state index is -0.538. The summed E-state index contributed by atoms with van der Waals surface area (Å²) < 4.78 is 0. The molecule has 3 nitrogen and oxygen atoms in total. The number of nitrogens with one attached hydrogen (secondary N) is 1. The Morgan fingerprint density at radius 3 is 2.43 bits per heavy atom. The van der Waals surface area contributed by atoms with Crippen LogP contribution in [0, 0.1) is 0 Å². The Morgan fingerprint density at radius 2 is 1.93 bits per heavy atom. The highest BCUT2D eigenvalue weighted by Gasteiger charge is 2.12. The van der Waals surface area contributed by atoms with E-state index in [9.17, 15) is 5.11 Å². The number of hydrogen-bond acceptors (Lipinski definition) is 3. The first kappa shape index (κ1) is 11.2. The topological polar surface area (TPSA) is 52.5 Å². The second-order valence-corrected chi connectivity index (χ2v) is 3.40. The third-order valence-electron chi connectivity index (χ3n) is 2.19. The van der Waals surface area contributed by atoms with Crippen LogP contribution in [0.1, 0.15) is 12.5 Å². The second kappa shape index (κ2) is 5.75. The standard InChI is InChI=1S/C11H17NO2/c1-9(14)11(8-13)12-7-10-5-3-2-4-6-10/h2-6,9,11-14H,7-8H2,1H3. The van der Waals surface area contributed by atoms with E-state index in [1.807, 2.05) is 30.3 Å². The molecule has 78 valence electrons. The molecule has 0 saturated carbocycles. The van der Waals surface area contributed by atoms with Crippen molar-refractivity contribution < 1.29 is 10.2 Å². The molecule has 2 atom stereocenters. The van der Waals surface area contributed by atoms with Crippen LogP contribution in [0.5, 0.6) is 0 Å². The molecule has 2 unspecified atom stereocenters. The molecule has 0 aromatic heterocycles. The molecular weight excluding hydrogens is 178 g/mol. The highest BCUT2D eigenvalue weighted by Crippen LogP contribution is 1.99. The van der Waals surface area contributed by atoms with Gasteiger partial charge in [0, 0.05) is 6.54 Å². The Kier molecular flexibility index (Phi) is 4.59. The number of rotatable bonds is 5. The SMILES string of the molecule is CC(O)C(CO)NCc1ccccc1. The van der Waals surface area contributed by atoms with Crippen molar-refractivity contribution in [1.82, 2.24) is 5.32 Å². The van der Waals surface area contributed by atoms with Crippen LogP contribution in [-0.2, 0) is 6.54 Å². The monoisotopic (exact) mass is 195 g/mol. The summed E-state index contributed by atoms with van der Waals surface area (Å²) in [6.07, 6.45) is -0.538. The first-order valence-corrected chi connectivity index (χ1v) is 4.80. The van der Waals surface area contributed by atoms with E-state index >= 15 is 0 Å². The van der Waals surface area contributed by atoms with Crippen molar-refractivity contribution in [2.45, 2.75) is 25.6 Å². The molecule has 1 rings (SSSR count). The van der Waals surface area contributed by atoms with E-state index in [1.165, 1.54) is 0 Å². The van der Waals surface area contributed by atoms with E-state index in [4.69, 9.17) is 5.11 Å². The number of hydrogen-bond donors (Lipinski definition) is 3. The predicted octanol–water partition coefficient (Wildman–Crippen LogP) is 0.518. The van der Waals surface area contributed by atoms with Gasteiger partial charge in [-0.15, -0.1) is 0 Å². The average Bonchev–Trinajstić information content (AvgIpc) is 2.20. The normalized spacial score (nSPS) is 15.1. The fraction of sp³-hybridized carbons (Fsp3) is 0.455. The molecule has 0 aliphatic rings. The summed E-state index contributed by atoms with van der Waals surface area (Å²) in [6.45, 7) is 2.28. The van der Waals surface area contributed by atoms with Gasteiger partial charge in [0.2, 0.25) is 0 Å². The van der Waals surface area contributed by atoms with Crippen LogP contribution in [0.3, 0.4) is 0 Å². The van der Waals surface area contributed by atoms with Crippen LogP contribution in [-0.4, -0.2) is 29.0 Å². The zero-order valence-electron chi connectivity index (χ0n) is 8.35. The first-order chi connectivity index (χ1) is 6.74. The lowest BCUT2D eigenvalue weighted by Crippen LogP contribution is -2.40. The first-order valence-electron chi connectivity index (χ1n) is 4.80. The van der Waals surface area contributed by atoms with E-state index in [1.54, 1.807) is 6.92 Å². The third kappa shape index (κ3) is 3.46. The molecule has 0 aliphatic carbocycles. The van der Waals surface area contributed by atoms with Gasteiger partial charge >= 0.3 is 0 Å². The van der Waals surface area contributed by atoms with Crippen molar-refractivity contribution in [1.29, 1.82) is 0 Å². The molecule has 0 bridgehead atoms. The van der Waals surface area contributed by atoms with Gasteiger partial charge in [0.05, 0.1) is 18.8 Å². The van der Waals surface area contributed by atoms with Crippen molar-refractivity contribution in [3.63, 3.8) is 0 Å². The van der Waals surface area contributed by atoms with Crippen LogP contribution in [0.2, 0.25) is 0 Å². The van der Waals surface area contributed by atoms with Gasteiger partial charge in [0.25, 0.3) is 0 Å². The number of aliphatic hydroxyl groups excluding tert-OH is 2. The molecule has 0 radical (unpaired) electrons. The van der Waals surface area contributed by atoms with Crippen molar-refractivity contribution in [3.8, 4) is 0 Å². The largest absolute Gasteiger partial charge is 0.395 e. The molecule has 0 saturated heterocycles. The molecular formula is C11H17NO2. The average molecular weight is 195 g/mol. The molecule has 0 fully saturated rings. The summed E-state index contributed by atoms with van der Waals surface area (Å²) >= 11 is 0. The number of benzene rings is 1. The summed E-state index contributed by atoms with van der Waals surface area (Å²) in [4.78, 5) is 0. The maximum atomic E-state index is 9.27. The minimum absolute atomic E-state index is 0.0511. The Morgan fingerprint density at radius 1 is 1.29 bits per heavy atom. The van der Waals surface area contributed by atoms with E-state index in [0.717, 1.165) is 5.56 Å². The summed E-state index contributed by atoms with van der Waals surface area (Å²) in [7, 11) is 0. The smallest absolute Gasteiger partial charge is 0.0687 e. The maximum Gasteiger partial charge on any atom is 0.0687 e. The second-order valence-electron chi connectivity index (χ2n) is 3.40. The lowest BCUT2D eigenvalue weighted by Gasteiger charge is -2.18. The van der Waals surface area contributed by atoms with Crippen LogP contribution in [0.4, 0.5) is 0 Å². The molecule has 0 spiro atoms. The molecule has 0 aliphatic heterocycles. The maximum absolute atomic E-state index is 9.27. The zero-order chi connectivity index (χ0) is 10.4. The Labute approximate surface area is 84.4 Å². The zero-order valence-corrected chi connectivity index (χ0v) is 8.35. The summed E-state index contributed by atoms with van der Waals surface area (Å²) in [6, 6.07) is 9.64. The van der Waals surface area contributed by atoms with Gasteiger partial charge < -0.3 is 15.5 Å². The summed E-state index contributed by atoms with van der Waals surface area (Å²) in [5.74, 6) is 0.